The summed E-state index contributed by atoms with van der Waals surface area (Å²) in [6, 6.07) is 10.7. The van der Waals surface area contributed by atoms with Gasteiger partial charge in [-0.3, -0.25) is 4.79 Å². The van der Waals surface area contributed by atoms with Crippen molar-refractivity contribution in [3.05, 3.63) is 53.0 Å². The Hall–Kier alpha value is -3.01. The summed E-state index contributed by atoms with van der Waals surface area (Å²) in [5.41, 5.74) is 1.87. The maximum atomic E-state index is 14.3. The summed E-state index contributed by atoms with van der Waals surface area (Å²) in [6.07, 6.45) is 4.44. The van der Waals surface area contributed by atoms with Crippen LogP contribution in [0.4, 0.5) is 10.2 Å². The van der Waals surface area contributed by atoms with Crippen LogP contribution in [0.15, 0.2) is 30.3 Å². The number of nitrogens with one attached hydrogen (secondary N) is 1. The van der Waals surface area contributed by atoms with Crippen molar-refractivity contribution in [3.63, 3.8) is 0 Å². The molecule has 1 atom stereocenters. The first kappa shape index (κ1) is 18.0. The van der Waals surface area contributed by atoms with Crippen LogP contribution in [-0.2, 0) is 11.2 Å². The Bertz CT molecular complexity index is 991. The highest BCUT2D eigenvalue weighted by molar-refractivity contribution is 5.79. The predicted molar refractivity (Wildman–Crippen MR) is 105 cm³/mol. The molecule has 1 amide bonds. The van der Waals surface area contributed by atoms with Gasteiger partial charge in [-0.05, 0) is 60.9 Å². The van der Waals surface area contributed by atoms with Crippen molar-refractivity contribution in [2.75, 3.05) is 18.0 Å². The Balaban J connectivity index is 1.23. The molecule has 2 aromatic rings. The molecule has 29 heavy (non-hydrogen) atoms. The van der Waals surface area contributed by atoms with Crippen LogP contribution in [0.3, 0.4) is 0 Å². The normalized spacial score (nSPS) is 21.8. The van der Waals surface area contributed by atoms with Crippen LogP contribution in [0.5, 0.6) is 0 Å². The number of rotatable bonds is 5. The summed E-state index contributed by atoms with van der Waals surface area (Å²) in [6.45, 7) is 1.49. The van der Waals surface area contributed by atoms with E-state index >= 15 is 0 Å². The third kappa shape index (κ3) is 3.55. The topological polar surface area (TPSA) is 81.9 Å². The average molecular weight is 391 g/mol. The van der Waals surface area contributed by atoms with Crippen molar-refractivity contribution in [1.29, 1.82) is 5.26 Å². The standard InChI is InChI=1S/C22H22FN5O/c23-18-9-14(1-5-17(18)15-2-3-15)10-21(29)25-19-12-28(13-22(19)7-8-22)20-6-4-16(11-24)26-27-20/h1,4-6,9,15,19H,2-3,7-8,10,12-13H2,(H,25,29)/t19-/m0/s1. The maximum Gasteiger partial charge on any atom is 0.224 e. The van der Waals surface area contributed by atoms with Crippen LogP contribution in [0.1, 0.15) is 48.4 Å². The van der Waals surface area contributed by atoms with E-state index in [0.717, 1.165) is 43.6 Å². The number of carbonyl (C=O) groups is 1. The first-order chi connectivity index (χ1) is 14.1. The number of benzene rings is 1. The molecule has 2 heterocycles. The second-order valence-electron chi connectivity index (χ2n) is 8.56. The first-order valence-electron chi connectivity index (χ1n) is 10.1. The zero-order valence-electron chi connectivity index (χ0n) is 16.1. The number of halogens is 1. The van der Waals surface area contributed by atoms with Crippen LogP contribution in [-0.4, -0.2) is 35.2 Å². The summed E-state index contributed by atoms with van der Waals surface area (Å²) < 4.78 is 14.3. The molecule has 0 bridgehead atoms. The molecule has 0 radical (unpaired) electrons. The van der Waals surface area contributed by atoms with E-state index < -0.39 is 0 Å². The third-order valence-corrected chi connectivity index (χ3v) is 6.41. The maximum absolute atomic E-state index is 14.3. The molecule has 148 valence electrons. The number of carbonyl (C=O) groups excluding carboxylic acids is 1. The molecule has 1 spiro atoms. The van der Waals surface area contributed by atoms with Gasteiger partial charge in [-0.15, -0.1) is 10.2 Å². The van der Waals surface area contributed by atoms with E-state index in [0.29, 0.717) is 23.7 Å². The van der Waals surface area contributed by atoms with Gasteiger partial charge in [0.05, 0.1) is 12.5 Å². The lowest BCUT2D eigenvalue weighted by molar-refractivity contribution is -0.121. The summed E-state index contributed by atoms with van der Waals surface area (Å²) in [5.74, 6) is 0.822. The molecule has 3 aliphatic rings. The monoisotopic (exact) mass is 391 g/mol. The minimum Gasteiger partial charge on any atom is -0.352 e. The van der Waals surface area contributed by atoms with Gasteiger partial charge in [0.2, 0.25) is 5.91 Å². The fraction of sp³-hybridized carbons (Fsp3) is 0.455. The van der Waals surface area contributed by atoms with Gasteiger partial charge in [0.1, 0.15) is 11.9 Å². The Morgan fingerprint density at radius 1 is 1.28 bits per heavy atom. The number of aromatic nitrogens is 2. The molecule has 1 aliphatic heterocycles. The van der Waals surface area contributed by atoms with Gasteiger partial charge in [-0.25, -0.2) is 4.39 Å². The van der Waals surface area contributed by atoms with Crippen LogP contribution in [0.2, 0.25) is 0 Å². The molecular formula is C22H22FN5O. The van der Waals surface area contributed by atoms with Crippen molar-refractivity contribution in [2.45, 2.75) is 44.1 Å². The van der Waals surface area contributed by atoms with E-state index in [2.05, 4.69) is 20.4 Å². The molecule has 2 aliphatic carbocycles. The summed E-state index contributed by atoms with van der Waals surface area (Å²) >= 11 is 0. The number of amides is 1. The van der Waals surface area contributed by atoms with Gasteiger partial charge in [-0.1, -0.05) is 12.1 Å². The molecule has 1 saturated heterocycles. The first-order valence-corrected chi connectivity index (χ1v) is 10.1. The minimum absolute atomic E-state index is 0.0445. The van der Waals surface area contributed by atoms with E-state index in [4.69, 9.17) is 5.26 Å². The molecule has 2 saturated carbocycles. The predicted octanol–water partition coefficient (Wildman–Crippen LogP) is 2.69. The van der Waals surface area contributed by atoms with Gasteiger partial charge in [0.15, 0.2) is 11.5 Å². The zero-order chi connectivity index (χ0) is 20.0. The fourth-order valence-electron chi connectivity index (χ4n) is 4.40. The Labute approximate surface area is 168 Å². The van der Waals surface area contributed by atoms with Crippen molar-refractivity contribution < 1.29 is 9.18 Å². The van der Waals surface area contributed by atoms with Gasteiger partial charge in [-0.2, -0.15) is 5.26 Å². The van der Waals surface area contributed by atoms with E-state index in [9.17, 15) is 9.18 Å². The van der Waals surface area contributed by atoms with Crippen LogP contribution < -0.4 is 10.2 Å². The highest BCUT2D eigenvalue weighted by atomic mass is 19.1. The summed E-state index contributed by atoms with van der Waals surface area (Å²) in [7, 11) is 0. The lowest BCUT2D eigenvalue weighted by atomic mass is 10.00. The minimum atomic E-state index is -0.192. The highest BCUT2D eigenvalue weighted by Crippen LogP contribution is 2.53. The lowest BCUT2D eigenvalue weighted by Gasteiger charge is -2.18. The van der Waals surface area contributed by atoms with Crippen molar-refractivity contribution in [1.82, 2.24) is 15.5 Å². The third-order valence-electron chi connectivity index (χ3n) is 6.41. The number of nitrogens with zero attached hydrogens (tertiary/aromatic N) is 4. The molecule has 1 N–H and O–H groups in total. The largest absolute Gasteiger partial charge is 0.352 e. The molecule has 0 unspecified atom stereocenters. The average Bonchev–Trinajstić information content (AvgIpc) is 3.62. The molecule has 1 aromatic carbocycles. The quantitative estimate of drug-likeness (QED) is 0.847. The number of hydrogen-bond acceptors (Lipinski definition) is 5. The van der Waals surface area contributed by atoms with E-state index in [1.165, 1.54) is 6.07 Å². The van der Waals surface area contributed by atoms with Gasteiger partial charge in [0, 0.05) is 18.5 Å². The van der Waals surface area contributed by atoms with Gasteiger partial charge in [0.25, 0.3) is 0 Å². The smallest absolute Gasteiger partial charge is 0.224 e. The molecule has 1 aromatic heterocycles. The van der Waals surface area contributed by atoms with Crippen LogP contribution in [0, 0.1) is 22.6 Å². The molecule has 5 rings (SSSR count). The van der Waals surface area contributed by atoms with Crippen molar-refractivity contribution in [2.24, 2.45) is 5.41 Å². The second kappa shape index (κ2) is 6.80. The van der Waals surface area contributed by atoms with Gasteiger partial charge >= 0.3 is 0 Å². The Morgan fingerprint density at radius 2 is 2.10 bits per heavy atom. The summed E-state index contributed by atoms with van der Waals surface area (Å²) in [5, 5.41) is 20.1. The Morgan fingerprint density at radius 3 is 2.72 bits per heavy atom. The van der Waals surface area contributed by atoms with Crippen LogP contribution in [0.25, 0.3) is 0 Å². The number of anilines is 1. The number of hydrogen-bond donors (Lipinski definition) is 1. The zero-order valence-corrected chi connectivity index (χ0v) is 16.1. The van der Waals surface area contributed by atoms with E-state index in [-0.39, 0.29) is 29.6 Å². The molecule has 7 heteroatoms. The number of nitriles is 1. The fourth-order valence-corrected chi connectivity index (χ4v) is 4.40. The van der Waals surface area contributed by atoms with Gasteiger partial charge < -0.3 is 10.2 Å². The van der Waals surface area contributed by atoms with E-state index in [1.54, 1.807) is 12.1 Å². The van der Waals surface area contributed by atoms with Crippen LogP contribution >= 0.6 is 0 Å². The summed E-state index contributed by atoms with van der Waals surface area (Å²) in [4.78, 5) is 14.8. The second-order valence-corrected chi connectivity index (χ2v) is 8.56. The lowest BCUT2D eigenvalue weighted by Crippen LogP contribution is -2.42. The molecular weight excluding hydrogens is 369 g/mol. The SMILES string of the molecule is N#Cc1ccc(N2C[C@H](NC(=O)Cc3ccc(C4CC4)c(F)c3)C3(CC3)C2)nn1. The van der Waals surface area contributed by atoms with E-state index in [1.807, 2.05) is 18.2 Å². The van der Waals surface area contributed by atoms with Crippen molar-refractivity contribution >= 4 is 11.7 Å². The highest BCUT2D eigenvalue weighted by Gasteiger charge is 2.55. The molecule has 6 nitrogen and oxygen atoms in total. The Kier molecular flexibility index (Phi) is 4.23. The molecule has 3 fully saturated rings. The van der Waals surface area contributed by atoms with Crippen molar-refractivity contribution in [3.8, 4) is 6.07 Å².